The van der Waals surface area contributed by atoms with E-state index in [0.29, 0.717) is 0 Å². The topological polar surface area (TPSA) is 17.8 Å². The average molecular weight is 310 g/mol. The highest BCUT2D eigenvalue weighted by Gasteiger charge is 2.35. The Kier molecular flexibility index (Phi) is 2.58. The van der Waals surface area contributed by atoms with Crippen LogP contribution in [0.15, 0.2) is 73.1 Å². The largest absolute Gasteiger partial charge is 0.299 e. The average Bonchev–Trinajstić information content (AvgIpc) is 3.13. The Labute approximate surface area is 141 Å². The van der Waals surface area contributed by atoms with Crippen LogP contribution in [-0.2, 0) is 5.41 Å². The quantitative estimate of drug-likeness (QED) is 0.464. The van der Waals surface area contributed by atoms with Crippen LogP contribution >= 0.6 is 0 Å². The first kappa shape index (κ1) is 13.6. The normalized spacial score (nSPS) is 14.6. The first-order valence-corrected chi connectivity index (χ1v) is 8.33. The lowest BCUT2D eigenvalue weighted by Crippen LogP contribution is -2.15. The van der Waals surface area contributed by atoms with E-state index in [4.69, 9.17) is 0 Å². The zero-order valence-corrected chi connectivity index (χ0v) is 13.8. The molecule has 116 valence electrons. The first-order valence-electron chi connectivity index (χ1n) is 8.33. The minimum Gasteiger partial charge on any atom is -0.299 e. The molecule has 1 heterocycles. The second-order valence-corrected chi connectivity index (χ2v) is 7.00. The fraction of sp³-hybridized carbons (Fsp3) is 0.136. The van der Waals surface area contributed by atoms with Crippen molar-refractivity contribution in [3.63, 3.8) is 0 Å². The van der Waals surface area contributed by atoms with Crippen LogP contribution in [0.1, 0.15) is 25.0 Å². The predicted molar refractivity (Wildman–Crippen MR) is 98.6 cm³/mol. The molecule has 0 saturated heterocycles. The lowest BCUT2D eigenvalue weighted by Gasteiger charge is -2.22. The molecule has 1 aliphatic rings. The molecular formula is C22H18N2. The Hall–Kier alpha value is -2.87. The number of imidazole rings is 1. The number of rotatable bonds is 1. The summed E-state index contributed by atoms with van der Waals surface area (Å²) in [5.41, 5.74) is 8.88. The summed E-state index contributed by atoms with van der Waals surface area (Å²) in [6.07, 6.45) is 1.92. The molecule has 0 amide bonds. The molecule has 0 aliphatic heterocycles. The standard InChI is InChI=1S/C22H18N2/c1-22(2)18-8-4-3-7-16(18)17-12-11-15(13-19(17)22)24-14-23-20-9-5-6-10-21(20)24/h3-14H,1-2H3. The van der Waals surface area contributed by atoms with Gasteiger partial charge in [0.2, 0.25) is 0 Å². The summed E-state index contributed by atoms with van der Waals surface area (Å²) in [4.78, 5) is 4.53. The van der Waals surface area contributed by atoms with Crippen molar-refractivity contribution in [1.29, 1.82) is 0 Å². The fourth-order valence-corrected chi connectivity index (χ4v) is 4.01. The summed E-state index contributed by atoms with van der Waals surface area (Å²) in [7, 11) is 0. The third-order valence-corrected chi connectivity index (χ3v) is 5.30. The van der Waals surface area contributed by atoms with E-state index in [-0.39, 0.29) is 5.41 Å². The Balaban J connectivity index is 1.75. The maximum absolute atomic E-state index is 4.53. The van der Waals surface area contributed by atoms with E-state index in [1.54, 1.807) is 0 Å². The van der Waals surface area contributed by atoms with Gasteiger partial charge in [-0.05, 0) is 46.5 Å². The molecule has 0 spiro atoms. The predicted octanol–water partition coefficient (Wildman–Crippen LogP) is 5.33. The van der Waals surface area contributed by atoms with Crippen LogP contribution in [0.25, 0.3) is 27.8 Å². The molecular weight excluding hydrogens is 292 g/mol. The Morgan fingerprint density at radius 3 is 2.46 bits per heavy atom. The van der Waals surface area contributed by atoms with Crippen LogP contribution in [0.4, 0.5) is 0 Å². The second-order valence-electron chi connectivity index (χ2n) is 7.00. The van der Waals surface area contributed by atoms with Gasteiger partial charge in [-0.1, -0.05) is 56.3 Å². The van der Waals surface area contributed by atoms with Gasteiger partial charge in [0.15, 0.2) is 0 Å². The van der Waals surface area contributed by atoms with Crippen molar-refractivity contribution in [2.45, 2.75) is 19.3 Å². The minimum absolute atomic E-state index is 0.0261. The van der Waals surface area contributed by atoms with Gasteiger partial charge in [-0.2, -0.15) is 0 Å². The first-order chi connectivity index (χ1) is 11.7. The van der Waals surface area contributed by atoms with Crippen LogP contribution in [0.3, 0.4) is 0 Å². The van der Waals surface area contributed by atoms with E-state index in [1.165, 1.54) is 27.9 Å². The molecule has 24 heavy (non-hydrogen) atoms. The van der Waals surface area contributed by atoms with Gasteiger partial charge in [-0.15, -0.1) is 0 Å². The molecule has 0 fully saturated rings. The lowest BCUT2D eigenvalue weighted by atomic mass is 9.82. The third kappa shape index (κ3) is 1.68. The summed E-state index contributed by atoms with van der Waals surface area (Å²) in [6.45, 7) is 4.63. The van der Waals surface area contributed by atoms with Crippen molar-refractivity contribution < 1.29 is 0 Å². The van der Waals surface area contributed by atoms with Crippen LogP contribution in [0, 0.1) is 0 Å². The second kappa shape index (κ2) is 4.57. The molecule has 1 aromatic heterocycles. The number of aromatic nitrogens is 2. The highest BCUT2D eigenvalue weighted by molar-refractivity contribution is 5.83. The Bertz CT molecular complexity index is 1090. The van der Waals surface area contributed by atoms with Gasteiger partial charge < -0.3 is 0 Å². The van der Waals surface area contributed by atoms with Crippen LogP contribution in [-0.4, -0.2) is 9.55 Å². The molecule has 4 aromatic rings. The molecule has 0 bridgehead atoms. The van der Waals surface area contributed by atoms with Gasteiger partial charge in [0, 0.05) is 11.1 Å². The van der Waals surface area contributed by atoms with E-state index >= 15 is 0 Å². The van der Waals surface area contributed by atoms with Gasteiger partial charge in [0.1, 0.15) is 6.33 Å². The number of hydrogen-bond donors (Lipinski definition) is 0. The lowest BCUT2D eigenvalue weighted by molar-refractivity contribution is 0.660. The van der Waals surface area contributed by atoms with Crippen molar-refractivity contribution in [2.75, 3.05) is 0 Å². The van der Waals surface area contributed by atoms with Gasteiger partial charge in [0.05, 0.1) is 11.0 Å². The van der Waals surface area contributed by atoms with Crippen molar-refractivity contribution in [1.82, 2.24) is 9.55 Å². The van der Waals surface area contributed by atoms with E-state index in [2.05, 4.69) is 84.1 Å². The van der Waals surface area contributed by atoms with Gasteiger partial charge >= 0.3 is 0 Å². The fourth-order valence-electron chi connectivity index (χ4n) is 4.01. The molecule has 0 atom stereocenters. The number of fused-ring (bicyclic) bond motifs is 4. The van der Waals surface area contributed by atoms with Crippen molar-refractivity contribution in [3.05, 3.63) is 84.2 Å². The molecule has 0 unspecified atom stereocenters. The molecule has 2 nitrogen and oxygen atoms in total. The SMILES string of the molecule is CC1(C)c2ccccc2-c2ccc(-n3cnc4ccccc43)cc21. The number of hydrogen-bond acceptors (Lipinski definition) is 1. The van der Waals surface area contributed by atoms with Crippen molar-refractivity contribution >= 4 is 11.0 Å². The van der Waals surface area contributed by atoms with E-state index in [1.807, 2.05) is 12.4 Å². The smallest absolute Gasteiger partial charge is 0.100 e. The maximum atomic E-state index is 4.53. The summed E-state index contributed by atoms with van der Waals surface area (Å²) >= 11 is 0. The maximum Gasteiger partial charge on any atom is 0.100 e. The molecule has 1 aliphatic carbocycles. The highest BCUT2D eigenvalue weighted by atomic mass is 15.0. The van der Waals surface area contributed by atoms with E-state index in [0.717, 1.165) is 11.0 Å². The van der Waals surface area contributed by atoms with Crippen LogP contribution < -0.4 is 0 Å². The molecule has 2 heteroatoms. The summed E-state index contributed by atoms with van der Waals surface area (Å²) < 4.78 is 2.18. The number of benzene rings is 3. The summed E-state index contributed by atoms with van der Waals surface area (Å²) in [5.74, 6) is 0. The van der Waals surface area contributed by atoms with E-state index in [9.17, 15) is 0 Å². The van der Waals surface area contributed by atoms with E-state index < -0.39 is 0 Å². The molecule has 3 aromatic carbocycles. The third-order valence-electron chi connectivity index (χ3n) is 5.30. The molecule has 0 radical (unpaired) electrons. The highest BCUT2D eigenvalue weighted by Crippen LogP contribution is 2.48. The molecule has 5 rings (SSSR count). The van der Waals surface area contributed by atoms with Crippen LogP contribution in [0.2, 0.25) is 0 Å². The minimum atomic E-state index is 0.0261. The van der Waals surface area contributed by atoms with Gasteiger partial charge in [0.25, 0.3) is 0 Å². The zero-order valence-electron chi connectivity index (χ0n) is 13.8. The Morgan fingerprint density at radius 1 is 0.792 bits per heavy atom. The number of nitrogens with zero attached hydrogens (tertiary/aromatic N) is 2. The Morgan fingerprint density at radius 2 is 1.54 bits per heavy atom. The van der Waals surface area contributed by atoms with Gasteiger partial charge in [-0.25, -0.2) is 4.98 Å². The molecule has 0 saturated carbocycles. The van der Waals surface area contributed by atoms with Gasteiger partial charge in [-0.3, -0.25) is 4.57 Å². The van der Waals surface area contributed by atoms with Crippen molar-refractivity contribution in [3.8, 4) is 16.8 Å². The zero-order chi connectivity index (χ0) is 16.3. The molecule has 0 N–H and O–H groups in total. The number of para-hydroxylation sites is 2. The summed E-state index contributed by atoms with van der Waals surface area (Å²) in [5, 5.41) is 0. The monoisotopic (exact) mass is 310 g/mol. The van der Waals surface area contributed by atoms with Crippen LogP contribution in [0.5, 0.6) is 0 Å². The van der Waals surface area contributed by atoms with Crippen molar-refractivity contribution in [2.24, 2.45) is 0 Å². The summed E-state index contributed by atoms with van der Waals surface area (Å²) in [6, 6.07) is 23.8.